The zero-order valence-corrected chi connectivity index (χ0v) is 9.53. The summed E-state index contributed by atoms with van der Waals surface area (Å²) in [6, 6.07) is 0.130. The zero-order chi connectivity index (χ0) is 10.0. The maximum absolute atomic E-state index is 11.4. The van der Waals surface area contributed by atoms with Crippen LogP contribution in [0.2, 0.25) is 0 Å². The number of carbonyl (C=O) groups excluding carboxylic acids is 1. The van der Waals surface area contributed by atoms with Gasteiger partial charge in [-0.15, -0.1) is 0 Å². The van der Waals surface area contributed by atoms with E-state index in [1.807, 2.05) is 16.7 Å². The van der Waals surface area contributed by atoms with Gasteiger partial charge in [-0.25, -0.2) is 4.79 Å². The molecule has 1 aliphatic carbocycles. The predicted molar refractivity (Wildman–Crippen MR) is 59.7 cm³/mol. The summed E-state index contributed by atoms with van der Waals surface area (Å²) in [4.78, 5) is 13.4. The van der Waals surface area contributed by atoms with E-state index in [0.29, 0.717) is 4.75 Å². The minimum Gasteiger partial charge on any atom is -0.336 e. The highest BCUT2D eigenvalue weighted by molar-refractivity contribution is 8.00. The van der Waals surface area contributed by atoms with E-state index in [1.165, 1.54) is 25.7 Å². The summed E-state index contributed by atoms with van der Waals surface area (Å²) in [7, 11) is 0. The fraction of sp³-hybridized carbons (Fsp3) is 0.900. The van der Waals surface area contributed by atoms with Gasteiger partial charge >= 0.3 is 6.03 Å². The quantitative estimate of drug-likeness (QED) is 0.775. The van der Waals surface area contributed by atoms with Gasteiger partial charge in [-0.1, -0.05) is 12.8 Å². The molecule has 0 unspecified atom stereocenters. The lowest BCUT2D eigenvalue weighted by atomic mass is 10.1. The summed E-state index contributed by atoms with van der Waals surface area (Å²) in [5.41, 5.74) is 0. The van der Waals surface area contributed by atoms with E-state index < -0.39 is 0 Å². The van der Waals surface area contributed by atoms with Gasteiger partial charge in [0.2, 0.25) is 0 Å². The number of nitrogens with zero attached hydrogens (tertiary/aromatic N) is 1. The predicted octanol–water partition coefficient (Wildman–Crippen LogP) is 1.69. The molecule has 3 nitrogen and oxygen atoms in total. The molecule has 2 fully saturated rings. The van der Waals surface area contributed by atoms with Gasteiger partial charge in [0.15, 0.2) is 0 Å². The average molecular weight is 214 g/mol. The van der Waals surface area contributed by atoms with Crippen LogP contribution in [0.15, 0.2) is 0 Å². The lowest BCUT2D eigenvalue weighted by Crippen LogP contribution is -2.40. The average Bonchev–Trinajstić information content (AvgIpc) is 2.79. The van der Waals surface area contributed by atoms with Crippen LogP contribution in [0.4, 0.5) is 4.79 Å². The van der Waals surface area contributed by atoms with Crippen molar-refractivity contribution in [1.82, 2.24) is 10.2 Å². The van der Waals surface area contributed by atoms with Crippen LogP contribution in [-0.4, -0.2) is 41.6 Å². The summed E-state index contributed by atoms with van der Waals surface area (Å²) < 4.78 is 0.363. The second-order valence-electron chi connectivity index (χ2n) is 4.25. The van der Waals surface area contributed by atoms with Crippen LogP contribution in [0, 0.1) is 0 Å². The van der Waals surface area contributed by atoms with E-state index in [-0.39, 0.29) is 6.03 Å². The van der Waals surface area contributed by atoms with E-state index in [2.05, 4.69) is 11.6 Å². The monoisotopic (exact) mass is 214 g/mol. The number of rotatable bonds is 3. The van der Waals surface area contributed by atoms with Crippen LogP contribution in [-0.2, 0) is 0 Å². The Balaban J connectivity index is 1.96. The molecule has 1 aliphatic heterocycles. The van der Waals surface area contributed by atoms with E-state index in [1.54, 1.807) is 0 Å². The molecule has 0 aromatic carbocycles. The molecule has 1 saturated heterocycles. The molecular weight excluding hydrogens is 196 g/mol. The van der Waals surface area contributed by atoms with Crippen molar-refractivity contribution in [2.45, 2.75) is 30.4 Å². The van der Waals surface area contributed by atoms with Crippen LogP contribution in [0.3, 0.4) is 0 Å². The van der Waals surface area contributed by atoms with Crippen molar-refractivity contribution >= 4 is 17.8 Å². The molecule has 0 radical (unpaired) electrons. The Bertz CT molecular complexity index is 226. The number of amides is 2. The molecule has 1 saturated carbocycles. The van der Waals surface area contributed by atoms with Crippen molar-refractivity contribution < 1.29 is 4.79 Å². The van der Waals surface area contributed by atoms with Gasteiger partial charge in [-0.2, -0.15) is 11.8 Å². The summed E-state index contributed by atoms with van der Waals surface area (Å²) in [5, 5.41) is 2.86. The van der Waals surface area contributed by atoms with E-state index in [4.69, 9.17) is 0 Å². The van der Waals surface area contributed by atoms with Crippen molar-refractivity contribution in [3.8, 4) is 0 Å². The fourth-order valence-corrected chi connectivity index (χ4v) is 3.44. The van der Waals surface area contributed by atoms with Crippen LogP contribution in [0.1, 0.15) is 25.7 Å². The van der Waals surface area contributed by atoms with Crippen molar-refractivity contribution in [3.63, 3.8) is 0 Å². The van der Waals surface area contributed by atoms with E-state index >= 15 is 0 Å². The molecule has 4 heteroatoms. The first-order valence-corrected chi connectivity index (χ1v) is 6.56. The number of thioether (sulfide) groups is 1. The number of urea groups is 1. The Morgan fingerprint density at radius 3 is 2.71 bits per heavy atom. The molecule has 1 N–H and O–H groups in total. The van der Waals surface area contributed by atoms with Gasteiger partial charge in [0.05, 0.1) is 0 Å². The van der Waals surface area contributed by atoms with Crippen LogP contribution in [0.25, 0.3) is 0 Å². The Labute approximate surface area is 89.6 Å². The largest absolute Gasteiger partial charge is 0.336 e. The maximum atomic E-state index is 11.4. The molecule has 0 spiro atoms. The van der Waals surface area contributed by atoms with E-state index in [0.717, 1.165) is 19.6 Å². The highest BCUT2D eigenvalue weighted by Crippen LogP contribution is 2.40. The molecule has 0 atom stereocenters. The summed E-state index contributed by atoms with van der Waals surface area (Å²) in [6.07, 6.45) is 7.39. The van der Waals surface area contributed by atoms with Crippen molar-refractivity contribution in [2.75, 3.05) is 25.9 Å². The highest BCUT2D eigenvalue weighted by Gasteiger charge is 2.37. The topological polar surface area (TPSA) is 32.3 Å². The minimum absolute atomic E-state index is 0.130. The van der Waals surface area contributed by atoms with Crippen molar-refractivity contribution in [3.05, 3.63) is 0 Å². The molecule has 2 rings (SSSR count). The second-order valence-corrected chi connectivity index (χ2v) is 5.52. The van der Waals surface area contributed by atoms with Crippen LogP contribution in [0.5, 0.6) is 0 Å². The molecule has 2 amide bonds. The lowest BCUT2D eigenvalue weighted by Gasteiger charge is -2.31. The number of hydrogen-bond donors (Lipinski definition) is 1. The summed E-state index contributed by atoms with van der Waals surface area (Å²) in [6.45, 7) is 2.66. The van der Waals surface area contributed by atoms with Gasteiger partial charge in [0.1, 0.15) is 0 Å². The van der Waals surface area contributed by atoms with Crippen molar-refractivity contribution in [2.24, 2.45) is 0 Å². The number of carbonyl (C=O) groups is 1. The fourth-order valence-electron chi connectivity index (χ4n) is 2.46. The first kappa shape index (κ1) is 10.1. The van der Waals surface area contributed by atoms with Gasteiger partial charge in [0, 0.05) is 24.4 Å². The molecule has 0 aromatic heterocycles. The van der Waals surface area contributed by atoms with Gasteiger partial charge in [-0.05, 0) is 19.1 Å². The first-order valence-electron chi connectivity index (χ1n) is 5.34. The SMILES string of the molecule is CSC1(CN2CCNC2=O)CCCC1. The zero-order valence-electron chi connectivity index (χ0n) is 8.71. The Kier molecular flexibility index (Phi) is 2.91. The number of hydrogen-bond acceptors (Lipinski definition) is 2. The smallest absolute Gasteiger partial charge is 0.317 e. The summed E-state index contributed by atoms with van der Waals surface area (Å²) in [5.74, 6) is 0. The highest BCUT2D eigenvalue weighted by atomic mass is 32.2. The van der Waals surface area contributed by atoms with Gasteiger partial charge < -0.3 is 10.2 Å². The molecule has 0 bridgehead atoms. The first-order chi connectivity index (χ1) is 6.76. The maximum Gasteiger partial charge on any atom is 0.317 e. The van der Waals surface area contributed by atoms with E-state index in [9.17, 15) is 4.79 Å². The molecule has 1 heterocycles. The minimum atomic E-state index is 0.130. The third kappa shape index (κ3) is 1.85. The number of nitrogens with one attached hydrogen (secondary N) is 1. The van der Waals surface area contributed by atoms with Crippen LogP contribution >= 0.6 is 11.8 Å². The van der Waals surface area contributed by atoms with Crippen LogP contribution < -0.4 is 5.32 Å². The molecule has 0 aromatic rings. The molecule has 2 aliphatic rings. The Morgan fingerprint density at radius 1 is 1.50 bits per heavy atom. The van der Waals surface area contributed by atoms with Gasteiger partial charge in [0.25, 0.3) is 0 Å². The molecule has 14 heavy (non-hydrogen) atoms. The molecular formula is C10H18N2OS. The standard InChI is InChI=1S/C10H18N2OS/c1-14-10(4-2-3-5-10)8-12-7-6-11-9(12)13/h2-8H2,1H3,(H,11,13). The van der Waals surface area contributed by atoms with Crippen molar-refractivity contribution in [1.29, 1.82) is 0 Å². The third-order valence-electron chi connectivity index (χ3n) is 3.37. The Morgan fingerprint density at radius 2 is 2.21 bits per heavy atom. The molecule has 80 valence electrons. The normalized spacial score (nSPS) is 25.5. The lowest BCUT2D eigenvalue weighted by molar-refractivity contribution is 0.212. The second kappa shape index (κ2) is 4.01. The van der Waals surface area contributed by atoms with Gasteiger partial charge in [-0.3, -0.25) is 0 Å². The third-order valence-corrected chi connectivity index (χ3v) is 4.78. The summed E-state index contributed by atoms with van der Waals surface area (Å²) >= 11 is 1.95. The Hall–Kier alpha value is -0.380.